The largest absolute Gasteiger partial charge is 0.335 e. The summed E-state index contributed by atoms with van der Waals surface area (Å²) in [6, 6.07) is 9.82. The summed E-state index contributed by atoms with van der Waals surface area (Å²) in [6.07, 6.45) is 1.77. The first-order chi connectivity index (χ1) is 6.66. The lowest BCUT2D eigenvalue weighted by Gasteiger charge is -2.24. The van der Waals surface area contributed by atoms with Gasteiger partial charge in [-0.2, -0.15) is 0 Å². The molecule has 0 aliphatic heterocycles. The van der Waals surface area contributed by atoms with Gasteiger partial charge in [-0.15, -0.1) is 6.58 Å². The zero-order valence-corrected chi connectivity index (χ0v) is 8.60. The van der Waals surface area contributed by atoms with Crippen molar-refractivity contribution < 1.29 is 4.79 Å². The highest BCUT2D eigenvalue weighted by atomic mass is 16.2. The van der Waals surface area contributed by atoms with Crippen molar-refractivity contribution in [3.63, 3.8) is 0 Å². The summed E-state index contributed by atoms with van der Waals surface area (Å²) < 4.78 is 0. The smallest absolute Gasteiger partial charge is 0.219 e. The van der Waals surface area contributed by atoms with E-state index < -0.39 is 0 Å². The van der Waals surface area contributed by atoms with Gasteiger partial charge in [0.05, 0.1) is 6.04 Å². The van der Waals surface area contributed by atoms with Crippen molar-refractivity contribution in [1.82, 2.24) is 4.90 Å². The van der Waals surface area contributed by atoms with E-state index in [4.69, 9.17) is 0 Å². The highest BCUT2D eigenvalue weighted by molar-refractivity contribution is 5.73. The number of amides is 1. The fourth-order valence-electron chi connectivity index (χ4n) is 1.36. The van der Waals surface area contributed by atoms with Gasteiger partial charge in [-0.1, -0.05) is 36.4 Å². The average molecular weight is 189 g/mol. The Hall–Kier alpha value is -1.57. The molecule has 1 amide bonds. The van der Waals surface area contributed by atoms with Crippen molar-refractivity contribution >= 4 is 5.91 Å². The Kier molecular flexibility index (Phi) is 3.46. The van der Waals surface area contributed by atoms with E-state index in [1.807, 2.05) is 30.3 Å². The highest BCUT2D eigenvalue weighted by Gasteiger charge is 2.14. The Morgan fingerprint density at radius 1 is 1.43 bits per heavy atom. The average Bonchev–Trinajstić information content (AvgIpc) is 2.20. The summed E-state index contributed by atoms with van der Waals surface area (Å²) in [4.78, 5) is 12.9. The van der Waals surface area contributed by atoms with E-state index in [0.717, 1.165) is 5.56 Å². The standard InChI is InChI=1S/C12H15NO/c1-4-12(13(3)10(2)14)11-8-6-5-7-9-11/h4-9,12H,1H2,2-3H3. The zero-order valence-electron chi connectivity index (χ0n) is 8.60. The maximum atomic E-state index is 11.2. The molecule has 74 valence electrons. The van der Waals surface area contributed by atoms with Gasteiger partial charge in [0.1, 0.15) is 0 Å². The molecule has 2 nitrogen and oxygen atoms in total. The van der Waals surface area contributed by atoms with Gasteiger partial charge in [0, 0.05) is 14.0 Å². The number of likely N-dealkylation sites (N-methyl/N-ethyl adjacent to an activating group) is 1. The molecule has 0 spiro atoms. The summed E-state index contributed by atoms with van der Waals surface area (Å²) in [5, 5.41) is 0. The fourth-order valence-corrected chi connectivity index (χ4v) is 1.36. The van der Waals surface area contributed by atoms with Gasteiger partial charge in [0.2, 0.25) is 5.91 Å². The SMILES string of the molecule is C=CC(c1ccccc1)N(C)C(C)=O. The van der Waals surface area contributed by atoms with Crippen LogP contribution in [0, 0.1) is 0 Å². The van der Waals surface area contributed by atoms with Gasteiger partial charge in [-0.3, -0.25) is 4.79 Å². The molecule has 0 bridgehead atoms. The van der Waals surface area contributed by atoms with E-state index in [-0.39, 0.29) is 11.9 Å². The molecule has 0 heterocycles. The van der Waals surface area contributed by atoms with E-state index in [0.29, 0.717) is 0 Å². The van der Waals surface area contributed by atoms with E-state index >= 15 is 0 Å². The fraction of sp³-hybridized carbons (Fsp3) is 0.250. The van der Waals surface area contributed by atoms with Gasteiger partial charge < -0.3 is 4.90 Å². The lowest BCUT2D eigenvalue weighted by molar-refractivity contribution is -0.128. The number of carbonyl (C=O) groups excluding carboxylic acids is 1. The molecule has 0 radical (unpaired) electrons. The molecule has 1 aromatic carbocycles. The Morgan fingerprint density at radius 2 is 2.00 bits per heavy atom. The van der Waals surface area contributed by atoms with Gasteiger partial charge in [0.15, 0.2) is 0 Å². The predicted molar refractivity (Wildman–Crippen MR) is 57.8 cm³/mol. The molecule has 0 aromatic heterocycles. The topological polar surface area (TPSA) is 20.3 Å². The van der Waals surface area contributed by atoms with Crippen molar-refractivity contribution in [3.8, 4) is 0 Å². The Morgan fingerprint density at radius 3 is 2.43 bits per heavy atom. The molecule has 0 aliphatic rings. The normalized spacial score (nSPS) is 11.9. The van der Waals surface area contributed by atoms with Crippen LogP contribution < -0.4 is 0 Å². The quantitative estimate of drug-likeness (QED) is 0.668. The van der Waals surface area contributed by atoms with Crippen LogP contribution in [0.1, 0.15) is 18.5 Å². The number of carbonyl (C=O) groups is 1. The number of nitrogens with zero attached hydrogens (tertiary/aromatic N) is 1. The summed E-state index contributed by atoms with van der Waals surface area (Å²) in [6.45, 7) is 5.30. The van der Waals surface area contributed by atoms with Crippen molar-refractivity contribution in [2.75, 3.05) is 7.05 Å². The van der Waals surface area contributed by atoms with Crippen LogP contribution in [0.2, 0.25) is 0 Å². The second-order valence-electron chi connectivity index (χ2n) is 3.22. The van der Waals surface area contributed by atoms with Crippen LogP contribution in [0.4, 0.5) is 0 Å². The lowest BCUT2D eigenvalue weighted by atomic mass is 10.1. The van der Waals surface area contributed by atoms with E-state index in [2.05, 4.69) is 6.58 Å². The van der Waals surface area contributed by atoms with Crippen molar-refractivity contribution in [3.05, 3.63) is 48.6 Å². The maximum absolute atomic E-state index is 11.2. The summed E-state index contributed by atoms with van der Waals surface area (Å²) >= 11 is 0. The molecule has 0 saturated carbocycles. The van der Waals surface area contributed by atoms with Crippen molar-refractivity contribution in [1.29, 1.82) is 0 Å². The number of benzene rings is 1. The molecule has 14 heavy (non-hydrogen) atoms. The molecule has 1 aromatic rings. The van der Waals surface area contributed by atoms with Crippen LogP contribution in [-0.2, 0) is 4.79 Å². The molecule has 1 atom stereocenters. The minimum absolute atomic E-state index is 0.0336. The molecule has 2 heteroatoms. The summed E-state index contributed by atoms with van der Waals surface area (Å²) in [5.41, 5.74) is 1.08. The second kappa shape index (κ2) is 4.61. The monoisotopic (exact) mass is 189 g/mol. The Bertz CT molecular complexity index is 318. The van der Waals surface area contributed by atoms with E-state index in [9.17, 15) is 4.79 Å². The number of hydrogen-bond donors (Lipinski definition) is 0. The molecule has 0 aliphatic carbocycles. The Labute approximate surface area is 84.9 Å². The molecule has 1 unspecified atom stereocenters. The van der Waals surface area contributed by atoms with E-state index in [1.54, 1.807) is 24.9 Å². The summed E-state index contributed by atoms with van der Waals surface area (Å²) in [5.74, 6) is 0.0405. The summed E-state index contributed by atoms with van der Waals surface area (Å²) in [7, 11) is 1.78. The number of hydrogen-bond acceptors (Lipinski definition) is 1. The first-order valence-electron chi connectivity index (χ1n) is 4.57. The molecule has 0 fully saturated rings. The predicted octanol–water partition coefficient (Wildman–Crippen LogP) is 2.39. The molecule has 0 saturated heterocycles. The van der Waals surface area contributed by atoms with Crippen LogP contribution in [0.3, 0.4) is 0 Å². The van der Waals surface area contributed by atoms with Gasteiger partial charge in [-0.05, 0) is 5.56 Å². The van der Waals surface area contributed by atoms with Crippen LogP contribution in [-0.4, -0.2) is 17.9 Å². The van der Waals surface area contributed by atoms with Crippen LogP contribution in [0.15, 0.2) is 43.0 Å². The Balaban J connectivity index is 2.93. The number of rotatable bonds is 3. The minimum Gasteiger partial charge on any atom is -0.335 e. The van der Waals surface area contributed by atoms with E-state index in [1.165, 1.54) is 0 Å². The van der Waals surface area contributed by atoms with Crippen LogP contribution >= 0.6 is 0 Å². The molecule has 1 rings (SSSR count). The zero-order chi connectivity index (χ0) is 10.6. The lowest BCUT2D eigenvalue weighted by Crippen LogP contribution is -2.27. The van der Waals surface area contributed by atoms with Crippen molar-refractivity contribution in [2.45, 2.75) is 13.0 Å². The molecular formula is C12H15NO. The van der Waals surface area contributed by atoms with Gasteiger partial charge >= 0.3 is 0 Å². The third-order valence-electron chi connectivity index (χ3n) is 2.28. The molecule has 0 N–H and O–H groups in total. The maximum Gasteiger partial charge on any atom is 0.219 e. The third-order valence-corrected chi connectivity index (χ3v) is 2.28. The van der Waals surface area contributed by atoms with Gasteiger partial charge in [0.25, 0.3) is 0 Å². The highest BCUT2D eigenvalue weighted by Crippen LogP contribution is 2.19. The van der Waals surface area contributed by atoms with Crippen LogP contribution in [0.5, 0.6) is 0 Å². The minimum atomic E-state index is -0.0336. The third kappa shape index (κ3) is 2.22. The van der Waals surface area contributed by atoms with Crippen LogP contribution in [0.25, 0.3) is 0 Å². The molecular weight excluding hydrogens is 174 g/mol. The van der Waals surface area contributed by atoms with Crippen molar-refractivity contribution in [2.24, 2.45) is 0 Å². The first-order valence-corrected chi connectivity index (χ1v) is 4.57. The van der Waals surface area contributed by atoms with Gasteiger partial charge in [-0.25, -0.2) is 0 Å². The second-order valence-corrected chi connectivity index (χ2v) is 3.22. The first kappa shape index (κ1) is 10.5.